The van der Waals surface area contributed by atoms with E-state index in [2.05, 4.69) is 9.72 Å². The molecule has 0 fully saturated rings. The number of carbonyl (C=O) groups excluding carboxylic acids is 1. The first-order valence-corrected chi connectivity index (χ1v) is 5.69. The number of pyridine rings is 1. The molecule has 0 atom stereocenters. The van der Waals surface area contributed by atoms with Gasteiger partial charge in [-0.25, -0.2) is 4.79 Å². The van der Waals surface area contributed by atoms with Crippen molar-refractivity contribution in [1.29, 1.82) is 0 Å². The summed E-state index contributed by atoms with van der Waals surface area (Å²) in [5.74, 6) is 0. The van der Waals surface area contributed by atoms with E-state index in [0.717, 1.165) is 6.20 Å². The molecule has 0 saturated heterocycles. The number of rotatable bonds is 4. The lowest BCUT2D eigenvalue weighted by Gasteiger charge is -2.06. The first-order chi connectivity index (χ1) is 9.58. The van der Waals surface area contributed by atoms with E-state index in [-0.39, 0.29) is 12.3 Å². The average Bonchev–Trinajstić information content (AvgIpc) is 2.45. The fourth-order valence-corrected chi connectivity index (χ4v) is 1.71. The maximum atomic E-state index is 11.0. The van der Waals surface area contributed by atoms with Gasteiger partial charge in [-0.2, -0.15) is 0 Å². The molecule has 7 heteroatoms. The van der Waals surface area contributed by atoms with Crippen molar-refractivity contribution in [3.63, 3.8) is 0 Å². The van der Waals surface area contributed by atoms with Crippen molar-refractivity contribution in [3.8, 4) is 11.1 Å². The summed E-state index contributed by atoms with van der Waals surface area (Å²) in [4.78, 5) is 25.0. The van der Waals surface area contributed by atoms with Crippen LogP contribution in [0.5, 0.6) is 0 Å². The van der Waals surface area contributed by atoms with Gasteiger partial charge in [0.2, 0.25) is 0 Å². The number of hydrogen-bond donors (Lipinski definition) is 1. The van der Waals surface area contributed by atoms with Gasteiger partial charge in [0.05, 0.1) is 16.2 Å². The van der Waals surface area contributed by atoms with Gasteiger partial charge in [-0.1, -0.05) is 30.3 Å². The van der Waals surface area contributed by atoms with Gasteiger partial charge in [0.25, 0.3) is 5.69 Å². The molecular weight excluding hydrogens is 262 g/mol. The lowest BCUT2D eigenvalue weighted by Crippen LogP contribution is -2.13. The van der Waals surface area contributed by atoms with Crippen molar-refractivity contribution in [2.24, 2.45) is 5.73 Å². The minimum atomic E-state index is -0.925. The molecule has 20 heavy (non-hydrogen) atoms. The molecule has 1 aromatic heterocycles. The number of ether oxygens (including phenoxy) is 1. The van der Waals surface area contributed by atoms with E-state index in [1.807, 2.05) is 6.07 Å². The first kappa shape index (κ1) is 13.5. The minimum absolute atomic E-state index is 0.112. The van der Waals surface area contributed by atoms with E-state index in [9.17, 15) is 14.9 Å². The minimum Gasteiger partial charge on any atom is -0.443 e. The molecule has 2 aromatic rings. The van der Waals surface area contributed by atoms with Gasteiger partial charge in [-0.3, -0.25) is 15.1 Å². The number of nitrogens with zero attached hydrogens (tertiary/aromatic N) is 2. The zero-order valence-electron chi connectivity index (χ0n) is 10.4. The van der Waals surface area contributed by atoms with E-state index < -0.39 is 11.0 Å². The van der Waals surface area contributed by atoms with Crippen LogP contribution in [0.3, 0.4) is 0 Å². The van der Waals surface area contributed by atoms with E-state index in [1.165, 1.54) is 6.07 Å². The number of benzene rings is 1. The zero-order chi connectivity index (χ0) is 14.5. The normalized spacial score (nSPS) is 10.0. The van der Waals surface area contributed by atoms with E-state index in [0.29, 0.717) is 16.8 Å². The van der Waals surface area contributed by atoms with Crippen LogP contribution in [0, 0.1) is 10.1 Å². The van der Waals surface area contributed by atoms with Crippen LogP contribution >= 0.6 is 0 Å². The summed E-state index contributed by atoms with van der Waals surface area (Å²) < 4.78 is 4.63. The Balaban J connectivity index is 2.43. The van der Waals surface area contributed by atoms with Gasteiger partial charge < -0.3 is 10.5 Å². The highest BCUT2D eigenvalue weighted by Crippen LogP contribution is 2.29. The Kier molecular flexibility index (Phi) is 3.90. The van der Waals surface area contributed by atoms with Crippen LogP contribution in [0.1, 0.15) is 5.69 Å². The molecule has 0 aliphatic carbocycles. The zero-order valence-corrected chi connectivity index (χ0v) is 10.4. The molecule has 0 aliphatic heterocycles. The number of hydrogen-bond acceptors (Lipinski definition) is 5. The third-order valence-corrected chi connectivity index (χ3v) is 2.58. The van der Waals surface area contributed by atoms with E-state index in [4.69, 9.17) is 5.73 Å². The Morgan fingerprint density at radius 3 is 2.65 bits per heavy atom. The van der Waals surface area contributed by atoms with Gasteiger partial charge in [0.15, 0.2) is 0 Å². The molecule has 0 unspecified atom stereocenters. The van der Waals surface area contributed by atoms with Crippen molar-refractivity contribution in [2.45, 2.75) is 6.61 Å². The predicted molar refractivity (Wildman–Crippen MR) is 70.7 cm³/mol. The number of primary amides is 1. The summed E-state index contributed by atoms with van der Waals surface area (Å²) in [5.41, 5.74) is 6.23. The smallest absolute Gasteiger partial charge is 0.404 e. The van der Waals surface area contributed by atoms with Crippen LogP contribution < -0.4 is 5.73 Å². The third-order valence-electron chi connectivity index (χ3n) is 2.58. The van der Waals surface area contributed by atoms with Crippen molar-refractivity contribution in [1.82, 2.24) is 4.98 Å². The second-order valence-electron chi connectivity index (χ2n) is 3.92. The number of nitro groups is 1. The molecule has 7 nitrogen and oxygen atoms in total. The van der Waals surface area contributed by atoms with Crippen LogP contribution in [0.15, 0.2) is 42.6 Å². The average molecular weight is 273 g/mol. The molecule has 1 heterocycles. The molecule has 0 spiro atoms. The van der Waals surface area contributed by atoms with Gasteiger partial charge in [0, 0.05) is 0 Å². The van der Waals surface area contributed by atoms with Crippen LogP contribution in [-0.4, -0.2) is 16.0 Å². The van der Waals surface area contributed by atoms with Crippen LogP contribution in [-0.2, 0) is 11.3 Å². The topological polar surface area (TPSA) is 108 Å². The molecular formula is C13H11N3O4. The number of nitrogens with two attached hydrogens (primary N) is 1. The fraction of sp³-hybridized carbons (Fsp3) is 0.0769. The molecule has 0 saturated carbocycles. The standard InChI is InChI=1S/C13H11N3O4/c14-13(17)20-8-10-6-11(9-4-2-1-3-5-9)12(7-15-10)16(18)19/h1-7H,8H2,(H2,14,17). The number of amides is 1. The van der Waals surface area contributed by atoms with Gasteiger partial charge in [0.1, 0.15) is 12.8 Å². The summed E-state index contributed by atoms with van der Waals surface area (Å²) >= 11 is 0. The highest BCUT2D eigenvalue weighted by Gasteiger charge is 2.17. The maximum absolute atomic E-state index is 11.0. The summed E-state index contributed by atoms with van der Waals surface area (Å²) in [6.45, 7) is -0.132. The van der Waals surface area contributed by atoms with Crippen LogP contribution in [0.2, 0.25) is 0 Å². The second kappa shape index (κ2) is 5.79. The molecule has 2 rings (SSSR count). The monoisotopic (exact) mass is 273 g/mol. The largest absolute Gasteiger partial charge is 0.443 e. The highest BCUT2D eigenvalue weighted by atomic mass is 16.6. The molecule has 0 radical (unpaired) electrons. The van der Waals surface area contributed by atoms with E-state index >= 15 is 0 Å². The third kappa shape index (κ3) is 3.08. The quantitative estimate of drug-likeness (QED) is 0.678. The van der Waals surface area contributed by atoms with Crippen molar-refractivity contribution in [2.75, 3.05) is 0 Å². The maximum Gasteiger partial charge on any atom is 0.404 e. The van der Waals surface area contributed by atoms with Crippen molar-refractivity contribution >= 4 is 11.8 Å². The Hall–Kier alpha value is -2.96. The summed E-state index contributed by atoms with van der Waals surface area (Å²) in [7, 11) is 0. The lowest BCUT2D eigenvalue weighted by atomic mass is 10.0. The highest BCUT2D eigenvalue weighted by molar-refractivity contribution is 5.73. The molecule has 1 aromatic carbocycles. The SMILES string of the molecule is NC(=O)OCc1cc(-c2ccccc2)c([N+](=O)[O-])cn1. The Morgan fingerprint density at radius 1 is 1.35 bits per heavy atom. The molecule has 0 aliphatic rings. The van der Waals surface area contributed by atoms with Gasteiger partial charge in [-0.05, 0) is 11.6 Å². The summed E-state index contributed by atoms with van der Waals surface area (Å²) in [5, 5.41) is 11.0. The second-order valence-corrected chi connectivity index (χ2v) is 3.92. The van der Waals surface area contributed by atoms with Gasteiger partial charge >= 0.3 is 6.09 Å². The van der Waals surface area contributed by atoms with E-state index in [1.54, 1.807) is 24.3 Å². The molecule has 2 N–H and O–H groups in total. The summed E-state index contributed by atoms with van der Waals surface area (Å²) in [6, 6.07) is 10.4. The van der Waals surface area contributed by atoms with Crippen LogP contribution in [0.25, 0.3) is 11.1 Å². The Bertz CT molecular complexity index is 643. The number of aromatic nitrogens is 1. The Morgan fingerprint density at radius 2 is 2.05 bits per heavy atom. The first-order valence-electron chi connectivity index (χ1n) is 5.69. The molecule has 102 valence electrons. The van der Waals surface area contributed by atoms with Crippen molar-refractivity contribution < 1.29 is 14.5 Å². The predicted octanol–water partition coefficient (Wildman–Crippen LogP) is 2.25. The molecule has 0 bridgehead atoms. The lowest BCUT2D eigenvalue weighted by molar-refractivity contribution is -0.384. The van der Waals surface area contributed by atoms with Crippen LogP contribution in [0.4, 0.5) is 10.5 Å². The van der Waals surface area contributed by atoms with Crippen molar-refractivity contribution in [3.05, 3.63) is 58.4 Å². The summed E-state index contributed by atoms with van der Waals surface area (Å²) in [6.07, 6.45) is 0.216. The Labute approximate surface area is 114 Å². The van der Waals surface area contributed by atoms with Gasteiger partial charge in [-0.15, -0.1) is 0 Å². The fourth-order valence-electron chi connectivity index (χ4n) is 1.71. The number of carbonyl (C=O) groups is 1. The molecule has 1 amide bonds.